The van der Waals surface area contributed by atoms with Crippen molar-refractivity contribution in [3.63, 3.8) is 0 Å². The molecule has 1 saturated carbocycles. The number of hydrogen-bond donors (Lipinski definition) is 1. The fourth-order valence-electron chi connectivity index (χ4n) is 5.00. The van der Waals surface area contributed by atoms with Gasteiger partial charge in [-0.1, -0.05) is 39.8 Å². The fourth-order valence-corrected chi connectivity index (χ4v) is 5.00. The van der Waals surface area contributed by atoms with Gasteiger partial charge in [0.1, 0.15) is 0 Å². The Hall–Kier alpha value is -2.82. The van der Waals surface area contributed by atoms with E-state index in [9.17, 15) is 4.79 Å². The Morgan fingerprint density at radius 3 is 2.35 bits per heavy atom. The average molecular weight is 420 g/mol. The van der Waals surface area contributed by atoms with Crippen LogP contribution < -0.4 is 5.32 Å². The molecule has 0 radical (unpaired) electrons. The van der Waals surface area contributed by atoms with Gasteiger partial charge in [0.05, 0.1) is 23.7 Å². The molecule has 1 aromatic heterocycles. The Kier molecular flexibility index (Phi) is 6.03. The standard InChI is InChI=1S/C26H33N3O2/c1-16(2)19-6-9-21(10-7-19)27-26-28-23-15-20(25(30)31-5)8-11-24(23)29(26)22-13-17(3)12-18(4)14-22/h6-11,15-18,22H,12-14H2,1-5H3,(H,27,28). The summed E-state index contributed by atoms with van der Waals surface area (Å²) in [6.45, 7) is 9.09. The van der Waals surface area contributed by atoms with Crippen molar-refractivity contribution < 1.29 is 9.53 Å². The number of benzene rings is 2. The lowest BCUT2D eigenvalue weighted by Crippen LogP contribution is -2.23. The summed E-state index contributed by atoms with van der Waals surface area (Å²) in [5.74, 6) is 2.36. The van der Waals surface area contributed by atoms with Crippen LogP contribution in [0.5, 0.6) is 0 Å². The molecule has 2 unspecified atom stereocenters. The second kappa shape index (κ2) is 8.74. The predicted molar refractivity (Wildman–Crippen MR) is 126 cm³/mol. The number of methoxy groups -OCH3 is 1. The third-order valence-corrected chi connectivity index (χ3v) is 6.46. The van der Waals surface area contributed by atoms with Gasteiger partial charge < -0.3 is 14.6 Å². The van der Waals surface area contributed by atoms with Crippen molar-refractivity contribution in [3.05, 3.63) is 53.6 Å². The zero-order valence-electron chi connectivity index (χ0n) is 19.2. The summed E-state index contributed by atoms with van der Waals surface area (Å²) in [5.41, 5.74) is 4.73. The van der Waals surface area contributed by atoms with Crippen molar-refractivity contribution >= 4 is 28.6 Å². The van der Waals surface area contributed by atoms with Crippen molar-refractivity contribution in [1.29, 1.82) is 0 Å². The monoisotopic (exact) mass is 419 g/mol. The number of ether oxygens (including phenoxy) is 1. The Morgan fingerprint density at radius 2 is 1.74 bits per heavy atom. The molecule has 2 atom stereocenters. The van der Waals surface area contributed by atoms with E-state index in [4.69, 9.17) is 9.72 Å². The van der Waals surface area contributed by atoms with Gasteiger partial charge in [0.15, 0.2) is 0 Å². The molecule has 0 amide bonds. The number of hydrogen-bond acceptors (Lipinski definition) is 4. The highest BCUT2D eigenvalue weighted by atomic mass is 16.5. The van der Waals surface area contributed by atoms with E-state index < -0.39 is 0 Å². The van der Waals surface area contributed by atoms with Crippen LogP contribution in [0.1, 0.15) is 74.8 Å². The van der Waals surface area contributed by atoms with Gasteiger partial charge in [-0.25, -0.2) is 9.78 Å². The SMILES string of the molecule is COC(=O)c1ccc2c(c1)nc(Nc1ccc(C(C)C)cc1)n2C1CC(C)CC(C)C1. The van der Waals surface area contributed by atoms with Gasteiger partial charge in [-0.3, -0.25) is 0 Å². The number of fused-ring (bicyclic) bond motifs is 1. The van der Waals surface area contributed by atoms with Crippen LogP contribution in [-0.2, 0) is 4.74 Å². The van der Waals surface area contributed by atoms with E-state index in [-0.39, 0.29) is 5.97 Å². The number of carbonyl (C=O) groups excluding carboxylic acids is 1. The first kappa shape index (κ1) is 21.4. The van der Waals surface area contributed by atoms with Crippen LogP contribution in [0.15, 0.2) is 42.5 Å². The van der Waals surface area contributed by atoms with E-state index in [1.807, 2.05) is 18.2 Å². The number of nitrogens with one attached hydrogen (secondary N) is 1. The highest BCUT2D eigenvalue weighted by Crippen LogP contribution is 2.40. The van der Waals surface area contributed by atoms with Gasteiger partial charge >= 0.3 is 5.97 Å². The van der Waals surface area contributed by atoms with Gasteiger partial charge in [0, 0.05) is 11.7 Å². The van der Waals surface area contributed by atoms with Crippen molar-refractivity contribution in [1.82, 2.24) is 9.55 Å². The molecule has 3 aromatic rings. The number of imidazole rings is 1. The van der Waals surface area contributed by atoms with E-state index in [2.05, 4.69) is 61.8 Å². The highest BCUT2D eigenvalue weighted by molar-refractivity contribution is 5.94. The second-order valence-electron chi connectivity index (χ2n) is 9.47. The van der Waals surface area contributed by atoms with Crippen LogP contribution in [0.2, 0.25) is 0 Å². The summed E-state index contributed by atoms with van der Waals surface area (Å²) in [6, 6.07) is 14.6. The molecule has 164 valence electrons. The maximum absolute atomic E-state index is 12.0. The van der Waals surface area contributed by atoms with Crippen LogP contribution in [0, 0.1) is 11.8 Å². The molecular weight excluding hydrogens is 386 g/mol. The summed E-state index contributed by atoms with van der Waals surface area (Å²) in [6.07, 6.45) is 3.54. The van der Waals surface area contributed by atoms with E-state index >= 15 is 0 Å². The van der Waals surface area contributed by atoms with Crippen LogP contribution in [-0.4, -0.2) is 22.6 Å². The van der Waals surface area contributed by atoms with Gasteiger partial charge in [-0.05, 0) is 72.9 Å². The Labute approximate surface area is 184 Å². The van der Waals surface area contributed by atoms with Gasteiger partial charge in [-0.2, -0.15) is 0 Å². The first-order valence-corrected chi connectivity index (χ1v) is 11.3. The number of nitrogens with zero attached hydrogens (tertiary/aromatic N) is 2. The number of rotatable bonds is 5. The van der Waals surface area contributed by atoms with Crippen molar-refractivity contribution in [2.45, 2.75) is 58.9 Å². The molecule has 1 N–H and O–H groups in total. The molecule has 2 aromatic carbocycles. The summed E-state index contributed by atoms with van der Waals surface area (Å²) in [5, 5.41) is 3.55. The van der Waals surface area contributed by atoms with E-state index in [1.165, 1.54) is 19.1 Å². The van der Waals surface area contributed by atoms with E-state index in [0.717, 1.165) is 35.5 Å². The summed E-state index contributed by atoms with van der Waals surface area (Å²) in [7, 11) is 1.41. The lowest BCUT2D eigenvalue weighted by molar-refractivity contribution is 0.0601. The Bertz CT molecular complexity index is 1060. The third kappa shape index (κ3) is 4.46. The van der Waals surface area contributed by atoms with Crippen molar-refractivity contribution in [3.8, 4) is 0 Å². The highest BCUT2D eigenvalue weighted by Gasteiger charge is 2.28. The quantitative estimate of drug-likeness (QED) is 0.468. The zero-order chi connectivity index (χ0) is 22.1. The summed E-state index contributed by atoms with van der Waals surface area (Å²) < 4.78 is 7.25. The molecule has 0 aliphatic heterocycles. The maximum atomic E-state index is 12.0. The van der Waals surface area contributed by atoms with Crippen LogP contribution in [0.4, 0.5) is 11.6 Å². The number of aromatic nitrogens is 2. The Balaban J connectivity index is 1.77. The van der Waals surface area contributed by atoms with Crippen LogP contribution in [0.25, 0.3) is 11.0 Å². The van der Waals surface area contributed by atoms with Gasteiger partial charge in [0.25, 0.3) is 0 Å². The molecule has 31 heavy (non-hydrogen) atoms. The maximum Gasteiger partial charge on any atom is 0.337 e. The molecule has 1 aliphatic carbocycles. The molecule has 1 heterocycles. The Morgan fingerprint density at radius 1 is 1.06 bits per heavy atom. The first-order chi connectivity index (χ1) is 14.9. The predicted octanol–water partition coefficient (Wildman–Crippen LogP) is 6.69. The number of esters is 1. The summed E-state index contributed by atoms with van der Waals surface area (Å²) >= 11 is 0. The minimum Gasteiger partial charge on any atom is -0.465 e. The lowest BCUT2D eigenvalue weighted by Gasteiger charge is -2.33. The minimum atomic E-state index is -0.338. The molecular formula is C26H33N3O2. The third-order valence-electron chi connectivity index (χ3n) is 6.46. The van der Waals surface area contributed by atoms with Crippen molar-refractivity contribution in [2.75, 3.05) is 12.4 Å². The van der Waals surface area contributed by atoms with Gasteiger partial charge in [0.2, 0.25) is 5.95 Å². The zero-order valence-corrected chi connectivity index (χ0v) is 19.2. The van der Waals surface area contributed by atoms with Crippen LogP contribution >= 0.6 is 0 Å². The topological polar surface area (TPSA) is 56.1 Å². The molecule has 1 aliphatic rings. The van der Waals surface area contributed by atoms with E-state index in [0.29, 0.717) is 29.4 Å². The second-order valence-corrected chi connectivity index (χ2v) is 9.47. The fraction of sp³-hybridized carbons (Fsp3) is 0.462. The smallest absolute Gasteiger partial charge is 0.337 e. The van der Waals surface area contributed by atoms with Crippen LogP contribution in [0.3, 0.4) is 0 Å². The first-order valence-electron chi connectivity index (χ1n) is 11.3. The minimum absolute atomic E-state index is 0.338. The molecule has 1 fully saturated rings. The molecule has 5 heteroatoms. The van der Waals surface area contributed by atoms with Crippen molar-refractivity contribution in [2.24, 2.45) is 11.8 Å². The molecule has 4 rings (SSSR count). The molecule has 0 spiro atoms. The lowest BCUT2D eigenvalue weighted by atomic mass is 9.80. The van der Waals surface area contributed by atoms with E-state index in [1.54, 1.807) is 0 Å². The average Bonchev–Trinajstić information content (AvgIpc) is 3.09. The summed E-state index contributed by atoms with van der Waals surface area (Å²) in [4.78, 5) is 17.0. The largest absolute Gasteiger partial charge is 0.465 e. The molecule has 0 bridgehead atoms. The normalized spacial score (nSPS) is 21.4. The molecule has 5 nitrogen and oxygen atoms in total. The molecule has 0 saturated heterocycles. The number of carbonyl (C=O) groups is 1. The van der Waals surface area contributed by atoms with Gasteiger partial charge in [-0.15, -0.1) is 0 Å². The number of anilines is 2.